The Balaban J connectivity index is 1.69. The topological polar surface area (TPSA) is 81.7 Å². The van der Waals surface area contributed by atoms with Crippen molar-refractivity contribution in [2.45, 2.75) is 51.9 Å². The van der Waals surface area contributed by atoms with Crippen molar-refractivity contribution in [3.8, 4) is 0 Å². The van der Waals surface area contributed by atoms with Crippen LogP contribution in [0.5, 0.6) is 0 Å². The second-order valence-electron chi connectivity index (χ2n) is 10.3. The van der Waals surface area contributed by atoms with E-state index in [4.69, 9.17) is 0 Å². The van der Waals surface area contributed by atoms with Crippen LogP contribution < -0.4 is 10.6 Å². The van der Waals surface area contributed by atoms with Crippen LogP contribution in [0.3, 0.4) is 0 Å². The Morgan fingerprint density at radius 3 is 1.40 bits per heavy atom. The van der Waals surface area contributed by atoms with Crippen LogP contribution in [-0.2, 0) is 28.3 Å². The Labute approximate surface area is 236 Å². The molecule has 4 rings (SSSR count). The number of nitrogens with zero attached hydrogens (tertiary/aromatic N) is 1. The fourth-order valence-electron chi connectivity index (χ4n) is 5.03. The summed E-state index contributed by atoms with van der Waals surface area (Å²) >= 11 is 0. The first-order valence-electron chi connectivity index (χ1n) is 13.5. The smallest absolute Gasteiger partial charge is 0.221 e. The molecular formula is C34H37N3O3. The van der Waals surface area contributed by atoms with E-state index in [-0.39, 0.29) is 17.9 Å². The van der Waals surface area contributed by atoms with Crippen LogP contribution in [0.4, 0.5) is 11.4 Å². The van der Waals surface area contributed by atoms with E-state index >= 15 is 0 Å². The highest BCUT2D eigenvalue weighted by Crippen LogP contribution is 2.37. The van der Waals surface area contributed by atoms with Crippen LogP contribution in [0.25, 0.3) is 0 Å². The van der Waals surface area contributed by atoms with Crippen molar-refractivity contribution in [3.63, 3.8) is 0 Å². The second-order valence-corrected chi connectivity index (χ2v) is 10.3. The van der Waals surface area contributed by atoms with Crippen LogP contribution in [0.2, 0.25) is 0 Å². The molecule has 0 unspecified atom stereocenters. The normalized spacial score (nSPS) is 12.1. The average molecular weight is 536 g/mol. The molecule has 0 radical (unpaired) electrons. The Bertz CT molecular complexity index is 1290. The van der Waals surface area contributed by atoms with Gasteiger partial charge in [0.05, 0.1) is 0 Å². The van der Waals surface area contributed by atoms with E-state index in [9.17, 15) is 14.7 Å². The van der Waals surface area contributed by atoms with Crippen molar-refractivity contribution in [2.24, 2.45) is 0 Å². The summed E-state index contributed by atoms with van der Waals surface area (Å²) < 4.78 is 0. The Hall–Kier alpha value is -4.26. The summed E-state index contributed by atoms with van der Waals surface area (Å²) in [5.41, 5.74) is 3.86. The van der Waals surface area contributed by atoms with Gasteiger partial charge in [-0.2, -0.15) is 0 Å². The second kappa shape index (κ2) is 13.2. The fourth-order valence-corrected chi connectivity index (χ4v) is 5.03. The summed E-state index contributed by atoms with van der Waals surface area (Å²) in [6.45, 7) is 6.55. The number of carbonyl (C=O) groups is 2. The molecule has 2 amide bonds. The first kappa shape index (κ1) is 28.7. The van der Waals surface area contributed by atoms with Gasteiger partial charge in [-0.1, -0.05) is 84.9 Å². The molecule has 0 aliphatic rings. The summed E-state index contributed by atoms with van der Waals surface area (Å²) in [5, 5.41) is 18.0. The molecule has 0 heterocycles. The van der Waals surface area contributed by atoms with E-state index in [0.29, 0.717) is 17.8 Å². The monoisotopic (exact) mass is 535 g/mol. The van der Waals surface area contributed by atoms with E-state index in [1.54, 1.807) is 0 Å². The molecule has 1 atom stereocenters. The number of rotatable bonds is 11. The lowest BCUT2D eigenvalue weighted by atomic mass is 9.81. The number of hydrogen-bond acceptors (Lipinski definition) is 4. The van der Waals surface area contributed by atoms with E-state index in [1.807, 2.05) is 84.9 Å². The Morgan fingerprint density at radius 1 is 0.675 bits per heavy atom. The standard InChI is InChI=1S/C34H37N3O3/c1-25(37(23-28-10-6-4-7-11-28)24-29-12-8-5-9-13-29)22-34(40,30-14-18-32(19-15-30)35-26(2)38)31-16-20-33(21-17-31)36-27(3)39/h4-21,25,40H,22-24H2,1-3H3,(H,35,38)(H,36,39)/t25-/m0/s1. The summed E-state index contributed by atoms with van der Waals surface area (Å²) in [6.07, 6.45) is 0.422. The maximum Gasteiger partial charge on any atom is 0.221 e. The fraction of sp³-hybridized carbons (Fsp3) is 0.235. The molecule has 0 saturated carbocycles. The SMILES string of the molecule is CC(=O)Nc1ccc(C(O)(C[C@H](C)N(Cc2ccccc2)Cc2ccccc2)c2ccc(NC(C)=O)cc2)cc1. The van der Waals surface area contributed by atoms with Crippen molar-refractivity contribution in [1.29, 1.82) is 0 Å². The third-order valence-electron chi connectivity index (χ3n) is 7.04. The molecule has 0 aliphatic heterocycles. The molecule has 6 nitrogen and oxygen atoms in total. The molecule has 206 valence electrons. The summed E-state index contributed by atoms with van der Waals surface area (Å²) in [7, 11) is 0. The first-order chi connectivity index (χ1) is 19.2. The predicted molar refractivity (Wildman–Crippen MR) is 161 cm³/mol. The van der Waals surface area contributed by atoms with Gasteiger partial charge in [0, 0.05) is 44.4 Å². The molecule has 0 fully saturated rings. The number of anilines is 2. The van der Waals surface area contributed by atoms with Crippen LogP contribution >= 0.6 is 0 Å². The lowest BCUT2D eigenvalue weighted by Gasteiger charge is -2.37. The molecule has 0 spiro atoms. The molecule has 4 aromatic rings. The van der Waals surface area contributed by atoms with Crippen molar-refractivity contribution < 1.29 is 14.7 Å². The minimum absolute atomic E-state index is 0.0181. The Kier molecular flexibility index (Phi) is 9.48. The van der Waals surface area contributed by atoms with Gasteiger partial charge in [-0.15, -0.1) is 0 Å². The van der Waals surface area contributed by atoms with Gasteiger partial charge in [0.15, 0.2) is 0 Å². The number of amides is 2. The van der Waals surface area contributed by atoms with Crippen LogP contribution in [0.1, 0.15) is 49.4 Å². The van der Waals surface area contributed by atoms with E-state index in [1.165, 1.54) is 25.0 Å². The largest absolute Gasteiger partial charge is 0.380 e. The van der Waals surface area contributed by atoms with Gasteiger partial charge in [-0.25, -0.2) is 0 Å². The van der Waals surface area contributed by atoms with Gasteiger partial charge in [0.2, 0.25) is 11.8 Å². The van der Waals surface area contributed by atoms with Crippen LogP contribution in [0, 0.1) is 0 Å². The maximum atomic E-state index is 12.4. The minimum atomic E-state index is -1.32. The molecule has 0 bridgehead atoms. The van der Waals surface area contributed by atoms with Crippen LogP contribution in [0.15, 0.2) is 109 Å². The molecule has 40 heavy (non-hydrogen) atoms. The highest BCUT2D eigenvalue weighted by molar-refractivity contribution is 5.89. The third kappa shape index (κ3) is 7.65. The van der Waals surface area contributed by atoms with Crippen molar-refractivity contribution >= 4 is 23.2 Å². The molecule has 0 aromatic heterocycles. The average Bonchev–Trinajstić information content (AvgIpc) is 2.94. The molecule has 0 saturated heterocycles. The van der Waals surface area contributed by atoms with Crippen molar-refractivity contribution in [1.82, 2.24) is 4.90 Å². The highest BCUT2D eigenvalue weighted by Gasteiger charge is 2.35. The summed E-state index contributed by atoms with van der Waals surface area (Å²) in [6, 6.07) is 35.4. The van der Waals surface area contributed by atoms with Gasteiger partial charge in [0.25, 0.3) is 0 Å². The maximum absolute atomic E-state index is 12.4. The van der Waals surface area contributed by atoms with Crippen molar-refractivity contribution in [3.05, 3.63) is 131 Å². The number of hydrogen-bond donors (Lipinski definition) is 3. The highest BCUT2D eigenvalue weighted by atomic mass is 16.3. The quantitative estimate of drug-likeness (QED) is 0.210. The molecular weight excluding hydrogens is 498 g/mol. The Morgan fingerprint density at radius 2 is 1.05 bits per heavy atom. The van der Waals surface area contributed by atoms with Gasteiger partial charge < -0.3 is 15.7 Å². The van der Waals surface area contributed by atoms with Crippen molar-refractivity contribution in [2.75, 3.05) is 10.6 Å². The lowest BCUT2D eigenvalue weighted by molar-refractivity contribution is -0.115. The van der Waals surface area contributed by atoms with Gasteiger partial charge in [0.1, 0.15) is 5.60 Å². The zero-order chi connectivity index (χ0) is 28.5. The van der Waals surface area contributed by atoms with Gasteiger partial charge in [-0.05, 0) is 59.9 Å². The number of aliphatic hydroxyl groups is 1. The summed E-state index contributed by atoms with van der Waals surface area (Å²) in [5.74, 6) is -0.301. The molecule has 3 N–H and O–H groups in total. The molecule has 4 aromatic carbocycles. The zero-order valence-electron chi connectivity index (χ0n) is 23.3. The molecule has 0 aliphatic carbocycles. The van der Waals surface area contributed by atoms with E-state index in [2.05, 4.69) is 46.7 Å². The lowest BCUT2D eigenvalue weighted by Crippen LogP contribution is -2.40. The van der Waals surface area contributed by atoms with E-state index < -0.39 is 5.60 Å². The van der Waals surface area contributed by atoms with Gasteiger partial charge in [-0.3, -0.25) is 14.5 Å². The predicted octanol–water partition coefficient (Wildman–Crippen LogP) is 6.32. The number of nitrogens with one attached hydrogen (secondary N) is 2. The zero-order valence-corrected chi connectivity index (χ0v) is 23.3. The number of carbonyl (C=O) groups excluding carboxylic acids is 2. The van der Waals surface area contributed by atoms with Crippen LogP contribution in [-0.4, -0.2) is 27.9 Å². The third-order valence-corrected chi connectivity index (χ3v) is 7.04. The summed E-state index contributed by atoms with van der Waals surface area (Å²) in [4.78, 5) is 25.5. The molecule has 6 heteroatoms. The van der Waals surface area contributed by atoms with Gasteiger partial charge >= 0.3 is 0 Å². The first-order valence-corrected chi connectivity index (χ1v) is 13.5. The van der Waals surface area contributed by atoms with E-state index in [0.717, 1.165) is 24.2 Å². The minimum Gasteiger partial charge on any atom is -0.380 e. The number of benzene rings is 4.